The highest BCUT2D eigenvalue weighted by Gasteiger charge is 2.42. The minimum Gasteiger partial charge on any atom is -0.475 e. The van der Waals surface area contributed by atoms with Crippen LogP contribution in [0.3, 0.4) is 0 Å². The van der Waals surface area contributed by atoms with Crippen molar-refractivity contribution in [2.75, 3.05) is 26.7 Å². The molecule has 0 aromatic heterocycles. The Morgan fingerprint density at radius 3 is 2.81 bits per heavy atom. The molecule has 6 heteroatoms. The number of piperidine rings is 1. The molecule has 27 heavy (non-hydrogen) atoms. The van der Waals surface area contributed by atoms with E-state index in [4.69, 9.17) is 4.74 Å². The summed E-state index contributed by atoms with van der Waals surface area (Å²) in [6, 6.07) is 0. The third-order valence-electron chi connectivity index (χ3n) is 4.85. The van der Waals surface area contributed by atoms with E-state index in [1.807, 2.05) is 11.0 Å². The Morgan fingerprint density at radius 1 is 1.41 bits per heavy atom. The number of esters is 1. The molecule has 0 aromatic carbocycles. The van der Waals surface area contributed by atoms with Crippen molar-refractivity contribution < 1.29 is 19.1 Å². The second-order valence-corrected chi connectivity index (χ2v) is 6.80. The SMILES string of the molecule is CCCCN1C(=O)/C(C)=C/C(/C=C/C(=O)OC)=C\C=C\OC12CCNCC2. The van der Waals surface area contributed by atoms with Gasteiger partial charge in [-0.3, -0.25) is 4.79 Å². The van der Waals surface area contributed by atoms with Crippen LogP contribution in [0.15, 0.2) is 47.8 Å². The third kappa shape index (κ3) is 5.57. The van der Waals surface area contributed by atoms with Crippen LogP contribution in [0.25, 0.3) is 0 Å². The highest BCUT2D eigenvalue weighted by Crippen LogP contribution is 2.31. The van der Waals surface area contributed by atoms with Gasteiger partial charge in [0.15, 0.2) is 5.72 Å². The molecule has 1 N–H and O–H groups in total. The molecule has 0 unspecified atom stereocenters. The number of rotatable bonds is 5. The zero-order valence-corrected chi connectivity index (χ0v) is 16.5. The van der Waals surface area contributed by atoms with Crippen LogP contribution >= 0.6 is 0 Å². The van der Waals surface area contributed by atoms with Crippen LogP contribution in [0.4, 0.5) is 0 Å². The van der Waals surface area contributed by atoms with Crippen molar-refractivity contribution in [3.8, 4) is 0 Å². The third-order valence-corrected chi connectivity index (χ3v) is 4.85. The summed E-state index contributed by atoms with van der Waals surface area (Å²) in [5.41, 5.74) is 0.725. The van der Waals surface area contributed by atoms with E-state index in [0.29, 0.717) is 12.1 Å². The highest BCUT2D eigenvalue weighted by molar-refractivity contribution is 5.94. The Labute approximate surface area is 161 Å². The normalized spacial score (nSPS) is 25.3. The van der Waals surface area contributed by atoms with Gasteiger partial charge in [0.25, 0.3) is 5.91 Å². The second-order valence-electron chi connectivity index (χ2n) is 6.80. The summed E-state index contributed by atoms with van der Waals surface area (Å²) >= 11 is 0. The Kier molecular flexibility index (Phi) is 7.85. The summed E-state index contributed by atoms with van der Waals surface area (Å²) in [7, 11) is 1.33. The van der Waals surface area contributed by atoms with E-state index in [0.717, 1.165) is 44.3 Å². The van der Waals surface area contributed by atoms with E-state index in [1.54, 1.807) is 31.4 Å². The first kappa shape index (κ1) is 21.0. The number of ether oxygens (including phenoxy) is 2. The summed E-state index contributed by atoms with van der Waals surface area (Å²) < 4.78 is 10.8. The summed E-state index contributed by atoms with van der Waals surface area (Å²) in [5.74, 6) is -0.471. The number of amides is 1. The molecule has 1 amide bonds. The summed E-state index contributed by atoms with van der Waals surface area (Å²) in [6.45, 7) is 6.21. The molecule has 0 bridgehead atoms. The molecule has 0 atom stereocenters. The number of unbranched alkanes of at least 4 members (excludes halogenated alkanes) is 1. The van der Waals surface area contributed by atoms with Crippen LogP contribution < -0.4 is 5.32 Å². The lowest BCUT2D eigenvalue weighted by atomic mass is 9.97. The van der Waals surface area contributed by atoms with Crippen molar-refractivity contribution >= 4 is 11.9 Å². The van der Waals surface area contributed by atoms with Gasteiger partial charge >= 0.3 is 5.97 Å². The number of nitrogens with one attached hydrogen (secondary N) is 1. The highest BCUT2D eigenvalue weighted by atomic mass is 16.5. The lowest BCUT2D eigenvalue weighted by Crippen LogP contribution is -2.58. The largest absolute Gasteiger partial charge is 0.475 e. The van der Waals surface area contributed by atoms with Crippen LogP contribution in [0, 0.1) is 0 Å². The maximum absolute atomic E-state index is 13.3. The van der Waals surface area contributed by atoms with E-state index in [2.05, 4.69) is 17.0 Å². The number of hydrogen-bond acceptors (Lipinski definition) is 5. The predicted octanol–water partition coefficient (Wildman–Crippen LogP) is 2.84. The molecule has 0 aliphatic carbocycles. The second kappa shape index (κ2) is 10.1. The zero-order valence-electron chi connectivity index (χ0n) is 16.5. The summed E-state index contributed by atoms with van der Waals surface area (Å²) in [6.07, 6.45) is 13.5. The summed E-state index contributed by atoms with van der Waals surface area (Å²) in [5, 5.41) is 3.34. The van der Waals surface area contributed by atoms with Crippen molar-refractivity contribution in [3.05, 3.63) is 47.8 Å². The number of nitrogens with zero attached hydrogens (tertiary/aromatic N) is 1. The Bertz CT molecular complexity index is 655. The molecular weight excluding hydrogens is 344 g/mol. The molecule has 2 aliphatic rings. The fourth-order valence-corrected chi connectivity index (χ4v) is 3.30. The van der Waals surface area contributed by atoms with Crippen molar-refractivity contribution in [2.45, 2.75) is 45.3 Å². The molecule has 1 spiro atoms. The monoisotopic (exact) mass is 374 g/mol. The van der Waals surface area contributed by atoms with Crippen LogP contribution in [0.5, 0.6) is 0 Å². The molecule has 1 fully saturated rings. The quantitative estimate of drug-likeness (QED) is 0.592. The first-order chi connectivity index (χ1) is 13.0. The molecule has 0 aromatic rings. The number of carbonyl (C=O) groups is 2. The van der Waals surface area contributed by atoms with Gasteiger partial charge in [-0.05, 0) is 37.1 Å². The first-order valence-electron chi connectivity index (χ1n) is 9.54. The number of hydrogen-bond donors (Lipinski definition) is 1. The standard InChI is InChI=1S/C21H30N2O4/c1-4-5-14-23-20(25)17(2)16-18(8-9-19(24)26-3)7-6-15-27-21(23)10-12-22-13-11-21/h6-9,15-16,22H,4-5,10-14H2,1-3H3/b9-8+,15-6+,17-16+,18-7-. The van der Waals surface area contributed by atoms with Crippen LogP contribution in [-0.2, 0) is 19.1 Å². The van der Waals surface area contributed by atoms with Crippen molar-refractivity contribution in [3.63, 3.8) is 0 Å². The number of methoxy groups -OCH3 is 1. The fourth-order valence-electron chi connectivity index (χ4n) is 3.30. The maximum atomic E-state index is 13.3. The van der Waals surface area contributed by atoms with Gasteiger partial charge in [-0.2, -0.15) is 0 Å². The lowest BCUT2D eigenvalue weighted by molar-refractivity contribution is -0.165. The molecule has 1 saturated heterocycles. The van der Waals surface area contributed by atoms with E-state index in [-0.39, 0.29) is 5.91 Å². The lowest BCUT2D eigenvalue weighted by Gasteiger charge is -2.45. The van der Waals surface area contributed by atoms with Gasteiger partial charge in [-0.1, -0.05) is 19.4 Å². The minimum atomic E-state index is -0.615. The van der Waals surface area contributed by atoms with E-state index in [9.17, 15) is 9.59 Å². The van der Waals surface area contributed by atoms with Crippen molar-refractivity contribution in [1.82, 2.24) is 10.2 Å². The van der Waals surface area contributed by atoms with Gasteiger partial charge in [-0.15, -0.1) is 0 Å². The van der Waals surface area contributed by atoms with Crippen molar-refractivity contribution in [1.29, 1.82) is 0 Å². The fraction of sp³-hybridized carbons (Fsp3) is 0.524. The Balaban J connectivity index is 2.39. The van der Waals surface area contributed by atoms with Gasteiger partial charge in [0.2, 0.25) is 0 Å². The molecule has 2 heterocycles. The minimum absolute atomic E-state index is 0.0296. The predicted molar refractivity (Wildman–Crippen MR) is 105 cm³/mol. The van der Waals surface area contributed by atoms with Crippen LogP contribution in [-0.4, -0.2) is 49.2 Å². The average molecular weight is 374 g/mol. The number of carbonyl (C=O) groups excluding carboxylic acids is 2. The van der Waals surface area contributed by atoms with Gasteiger partial charge in [0.1, 0.15) is 0 Å². The van der Waals surface area contributed by atoms with Gasteiger partial charge in [0.05, 0.1) is 13.4 Å². The molecule has 2 aliphatic heterocycles. The molecule has 148 valence electrons. The van der Waals surface area contributed by atoms with E-state index in [1.165, 1.54) is 13.2 Å². The zero-order chi connectivity index (χ0) is 19.7. The average Bonchev–Trinajstić information content (AvgIpc) is 2.69. The Hall–Kier alpha value is -2.34. The summed E-state index contributed by atoms with van der Waals surface area (Å²) in [4.78, 5) is 26.5. The van der Waals surface area contributed by atoms with E-state index < -0.39 is 11.7 Å². The Morgan fingerprint density at radius 2 is 2.15 bits per heavy atom. The van der Waals surface area contributed by atoms with Gasteiger partial charge < -0.3 is 19.7 Å². The van der Waals surface area contributed by atoms with Crippen LogP contribution in [0.2, 0.25) is 0 Å². The maximum Gasteiger partial charge on any atom is 0.330 e. The van der Waals surface area contributed by atoms with Crippen molar-refractivity contribution in [2.24, 2.45) is 0 Å². The molecule has 0 radical (unpaired) electrons. The first-order valence-corrected chi connectivity index (χ1v) is 9.54. The van der Waals surface area contributed by atoms with Crippen LogP contribution in [0.1, 0.15) is 39.5 Å². The topological polar surface area (TPSA) is 67.9 Å². The smallest absolute Gasteiger partial charge is 0.330 e. The molecular formula is C21H30N2O4. The van der Waals surface area contributed by atoms with Gasteiger partial charge in [-0.25, -0.2) is 4.79 Å². The molecule has 6 nitrogen and oxygen atoms in total. The van der Waals surface area contributed by atoms with E-state index >= 15 is 0 Å². The van der Waals surface area contributed by atoms with Gasteiger partial charge in [0, 0.05) is 44.1 Å². The molecule has 0 saturated carbocycles. The number of allylic oxidation sites excluding steroid dienone is 5. The molecule has 2 rings (SSSR count).